The molecule has 8 heteroatoms. The van der Waals surface area contributed by atoms with E-state index in [2.05, 4.69) is 9.89 Å². The number of ether oxygens (including phenoxy) is 3. The lowest BCUT2D eigenvalue weighted by Crippen LogP contribution is -2.03. The van der Waals surface area contributed by atoms with Crippen molar-refractivity contribution in [2.75, 3.05) is 7.11 Å². The standard InChI is InChI=1S/C17H17F2NO5/c1-10-13(11(2)25-20-10)9-23-16(21)7-5-12-4-6-14(24-17(18)19)15(8-12)22-3/h4-8,17H,9H2,1-3H3/b7-5+. The van der Waals surface area contributed by atoms with Crippen molar-refractivity contribution in [3.8, 4) is 11.5 Å². The van der Waals surface area contributed by atoms with Crippen molar-refractivity contribution in [2.45, 2.75) is 27.1 Å². The minimum Gasteiger partial charge on any atom is -0.493 e. The van der Waals surface area contributed by atoms with Crippen molar-refractivity contribution in [2.24, 2.45) is 0 Å². The molecule has 0 aliphatic rings. The maximum atomic E-state index is 12.3. The van der Waals surface area contributed by atoms with Gasteiger partial charge in [-0.2, -0.15) is 8.78 Å². The number of aromatic nitrogens is 1. The minimum atomic E-state index is -2.95. The predicted octanol–water partition coefficient (Wildman–Crippen LogP) is 3.66. The van der Waals surface area contributed by atoms with Crippen molar-refractivity contribution in [3.63, 3.8) is 0 Å². The van der Waals surface area contributed by atoms with E-state index in [1.807, 2.05) is 0 Å². The van der Waals surface area contributed by atoms with E-state index in [-0.39, 0.29) is 18.1 Å². The maximum absolute atomic E-state index is 12.3. The summed E-state index contributed by atoms with van der Waals surface area (Å²) in [6.07, 6.45) is 2.70. The normalized spacial score (nSPS) is 11.1. The molecule has 0 N–H and O–H groups in total. The highest BCUT2D eigenvalue weighted by molar-refractivity contribution is 5.87. The molecule has 2 rings (SSSR count). The van der Waals surface area contributed by atoms with E-state index >= 15 is 0 Å². The summed E-state index contributed by atoms with van der Waals surface area (Å²) in [6, 6.07) is 4.31. The quantitative estimate of drug-likeness (QED) is 0.559. The number of carbonyl (C=O) groups is 1. The van der Waals surface area contributed by atoms with Crippen molar-refractivity contribution in [1.82, 2.24) is 5.16 Å². The van der Waals surface area contributed by atoms with Gasteiger partial charge in [0.15, 0.2) is 11.5 Å². The third-order valence-electron chi connectivity index (χ3n) is 3.36. The van der Waals surface area contributed by atoms with Crippen molar-refractivity contribution >= 4 is 12.0 Å². The van der Waals surface area contributed by atoms with Gasteiger partial charge in [0.2, 0.25) is 0 Å². The Labute approximate surface area is 143 Å². The van der Waals surface area contributed by atoms with E-state index in [4.69, 9.17) is 14.0 Å². The third kappa shape index (κ3) is 5.03. The Balaban J connectivity index is 1.99. The number of aryl methyl sites for hydroxylation is 2. The molecule has 0 bridgehead atoms. The fourth-order valence-electron chi connectivity index (χ4n) is 2.04. The maximum Gasteiger partial charge on any atom is 0.387 e. The molecule has 0 amide bonds. The molecule has 134 valence electrons. The molecule has 1 aromatic carbocycles. The van der Waals surface area contributed by atoms with Gasteiger partial charge in [-0.05, 0) is 37.6 Å². The van der Waals surface area contributed by atoms with Crippen LogP contribution < -0.4 is 9.47 Å². The van der Waals surface area contributed by atoms with Gasteiger partial charge >= 0.3 is 12.6 Å². The second-order valence-electron chi connectivity index (χ2n) is 5.03. The van der Waals surface area contributed by atoms with Crippen LogP contribution in [0.5, 0.6) is 11.5 Å². The van der Waals surface area contributed by atoms with Crippen LogP contribution in [0.3, 0.4) is 0 Å². The summed E-state index contributed by atoms with van der Waals surface area (Å²) in [5.74, 6) is 0.0719. The zero-order valence-corrected chi connectivity index (χ0v) is 13.9. The lowest BCUT2D eigenvalue weighted by Gasteiger charge is -2.10. The number of rotatable bonds is 7. The van der Waals surface area contributed by atoms with Crippen LogP contribution in [-0.2, 0) is 16.1 Å². The number of hydrogen-bond donors (Lipinski definition) is 0. The summed E-state index contributed by atoms with van der Waals surface area (Å²) in [5, 5.41) is 3.77. The Morgan fingerprint density at radius 3 is 2.68 bits per heavy atom. The van der Waals surface area contributed by atoms with E-state index in [0.717, 1.165) is 5.56 Å². The number of carbonyl (C=O) groups excluding carboxylic acids is 1. The largest absolute Gasteiger partial charge is 0.493 e. The Bertz CT molecular complexity index is 751. The lowest BCUT2D eigenvalue weighted by atomic mass is 10.2. The number of nitrogens with zero attached hydrogens (tertiary/aromatic N) is 1. The first-order chi connectivity index (χ1) is 11.9. The summed E-state index contributed by atoms with van der Waals surface area (Å²) in [5.41, 5.74) is 1.94. The smallest absolute Gasteiger partial charge is 0.387 e. The van der Waals surface area contributed by atoms with Crippen LogP contribution in [0.1, 0.15) is 22.6 Å². The zero-order valence-electron chi connectivity index (χ0n) is 13.9. The summed E-state index contributed by atoms with van der Waals surface area (Å²) in [6.45, 7) is 0.586. The molecule has 0 aliphatic carbocycles. The van der Waals surface area contributed by atoms with Gasteiger partial charge in [0.25, 0.3) is 0 Å². The second kappa shape index (κ2) is 8.27. The Kier molecular flexibility index (Phi) is 6.10. The van der Waals surface area contributed by atoms with Gasteiger partial charge in [0.05, 0.1) is 18.4 Å². The molecule has 0 fully saturated rings. The molecule has 25 heavy (non-hydrogen) atoms. The highest BCUT2D eigenvalue weighted by Gasteiger charge is 2.12. The van der Waals surface area contributed by atoms with Crippen molar-refractivity contribution in [3.05, 3.63) is 46.9 Å². The van der Waals surface area contributed by atoms with Crippen molar-refractivity contribution < 1.29 is 32.3 Å². The van der Waals surface area contributed by atoms with Gasteiger partial charge in [-0.1, -0.05) is 11.2 Å². The van der Waals surface area contributed by atoms with E-state index in [0.29, 0.717) is 17.0 Å². The molecular weight excluding hydrogens is 336 g/mol. The number of alkyl halides is 2. The van der Waals surface area contributed by atoms with Gasteiger partial charge in [-0.15, -0.1) is 0 Å². The van der Waals surface area contributed by atoms with E-state index in [1.54, 1.807) is 13.8 Å². The summed E-state index contributed by atoms with van der Waals surface area (Å²) in [4.78, 5) is 11.8. The first-order valence-electron chi connectivity index (χ1n) is 7.30. The SMILES string of the molecule is COc1cc(/C=C/C(=O)OCc2c(C)noc2C)ccc1OC(F)F. The molecule has 6 nitrogen and oxygen atoms in total. The Morgan fingerprint density at radius 1 is 1.32 bits per heavy atom. The summed E-state index contributed by atoms with van der Waals surface area (Å²) < 4.78 is 44.0. The van der Waals surface area contributed by atoms with E-state index in [1.165, 1.54) is 37.5 Å². The third-order valence-corrected chi connectivity index (χ3v) is 3.36. The molecule has 2 aromatic rings. The van der Waals surface area contributed by atoms with Gasteiger partial charge in [0, 0.05) is 6.08 Å². The average Bonchev–Trinajstić information content (AvgIpc) is 2.89. The van der Waals surface area contributed by atoms with Crippen LogP contribution in [0, 0.1) is 13.8 Å². The van der Waals surface area contributed by atoms with Crippen LogP contribution >= 0.6 is 0 Å². The highest BCUT2D eigenvalue weighted by atomic mass is 19.3. The van der Waals surface area contributed by atoms with Gasteiger partial charge in [-0.25, -0.2) is 4.79 Å². The number of esters is 1. The van der Waals surface area contributed by atoms with Gasteiger partial charge in [-0.3, -0.25) is 0 Å². The molecule has 0 spiro atoms. The summed E-state index contributed by atoms with van der Waals surface area (Å²) >= 11 is 0. The van der Waals surface area contributed by atoms with Gasteiger partial charge < -0.3 is 18.7 Å². The molecule has 0 aliphatic heterocycles. The van der Waals surface area contributed by atoms with Crippen LogP contribution in [-0.4, -0.2) is 24.8 Å². The fourth-order valence-corrected chi connectivity index (χ4v) is 2.04. The predicted molar refractivity (Wildman–Crippen MR) is 84.4 cm³/mol. The molecule has 0 radical (unpaired) electrons. The van der Waals surface area contributed by atoms with Crippen LogP contribution in [0.25, 0.3) is 6.08 Å². The van der Waals surface area contributed by atoms with E-state index in [9.17, 15) is 13.6 Å². The molecule has 0 saturated heterocycles. The monoisotopic (exact) mass is 353 g/mol. The number of hydrogen-bond acceptors (Lipinski definition) is 6. The minimum absolute atomic E-state index is 0.0504. The number of benzene rings is 1. The topological polar surface area (TPSA) is 70.8 Å². The zero-order chi connectivity index (χ0) is 18.4. The lowest BCUT2D eigenvalue weighted by molar-refractivity contribution is -0.138. The van der Waals surface area contributed by atoms with Crippen LogP contribution in [0.4, 0.5) is 8.78 Å². The fraction of sp³-hybridized carbons (Fsp3) is 0.294. The summed E-state index contributed by atoms with van der Waals surface area (Å²) in [7, 11) is 1.33. The second-order valence-corrected chi connectivity index (χ2v) is 5.03. The molecule has 0 unspecified atom stereocenters. The Hall–Kier alpha value is -2.90. The molecule has 1 heterocycles. The van der Waals surface area contributed by atoms with Crippen LogP contribution in [0.2, 0.25) is 0 Å². The molecule has 1 aromatic heterocycles. The van der Waals surface area contributed by atoms with Gasteiger partial charge in [0.1, 0.15) is 12.4 Å². The van der Waals surface area contributed by atoms with Crippen LogP contribution in [0.15, 0.2) is 28.8 Å². The highest BCUT2D eigenvalue weighted by Crippen LogP contribution is 2.29. The Morgan fingerprint density at radius 2 is 2.08 bits per heavy atom. The van der Waals surface area contributed by atoms with Crippen molar-refractivity contribution in [1.29, 1.82) is 0 Å². The molecular formula is C17H17F2NO5. The number of halogens is 2. The first kappa shape index (κ1) is 18.4. The number of methoxy groups -OCH3 is 1. The first-order valence-corrected chi connectivity index (χ1v) is 7.30. The molecule has 0 atom stereocenters. The average molecular weight is 353 g/mol. The molecule has 0 saturated carbocycles. The van der Waals surface area contributed by atoms with E-state index < -0.39 is 12.6 Å².